The number of para-hydroxylation sites is 1. The van der Waals surface area contributed by atoms with Gasteiger partial charge in [0.2, 0.25) is 11.8 Å². The molecule has 4 rings (SSSR count). The maximum atomic E-state index is 11.5. The van der Waals surface area contributed by atoms with Crippen LogP contribution in [0.5, 0.6) is 11.6 Å². The SMILES string of the molecule is C=CC(=O)Nc1cccc(Nc2ncnc(N)c2-c2ccc(Oc3ccccc3)nc2)n1. The molecular formula is C23H19N7O2. The van der Waals surface area contributed by atoms with E-state index < -0.39 is 0 Å². The van der Waals surface area contributed by atoms with Crippen LogP contribution in [-0.2, 0) is 4.79 Å². The molecule has 158 valence electrons. The van der Waals surface area contributed by atoms with Crippen molar-refractivity contribution in [3.8, 4) is 22.8 Å². The number of nitrogen functional groups attached to an aromatic ring is 1. The summed E-state index contributed by atoms with van der Waals surface area (Å²) in [5, 5.41) is 5.73. The molecule has 0 aliphatic carbocycles. The van der Waals surface area contributed by atoms with Crippen LogP contribution in [0.2, 0.25) is 0 Å². The first-order valence-electron chi connectivity index (χ1n) is 9.59. The number of carbonyl (C=O) groups excluding carboxylic acids is 1. The van der Waals surface area contributed by atoms with E-state index >= 15 is 0 Å². The zero-order chi connectivity index (χ0) is 22.3. The molecule has 0 radical (unpaired) electrons. The molecule has 0 aliphatic heterocycles. The Kier molecular flexibility index (Phi) is 5.98. The maximum absolute atomic E-state index is 11.5. The summed E-state index contributed by atoms with van der Waals surface area (Å²) in [6, 6.07) is 18.1. The molecular weight excluding hydrogens is 406 g/mol. The number of ether oxygens (including phenoxy) is 1. The standard InChI is InChI=1S/C23H19N7O2/c1-2-19(31)29-17-9-6-10-18(28-17)30-23-21(22(24)26-14-27-23)15-11-12-20(25-13-15)32-16-7-4-3-5-8-16/h2-14H,1H2,(H4,24,26,27,28,29,30,31). The minimum absolute atomic E-state index is 0.275. The van der Waals surface area contributed by atoms with Crippen LogP contribution in [0.4, 0.5) is 23.3 Å². The molecule has 0 spiro atoms. The molecule has 0 fully saturated rings. The third kappa shape index (κ3) is 4.85. The number of benzene rings is 1. The lowest BCUT2D eigenvalue weighted by atomic mass is 10.1. The Labute approximate surface area is 184 Å². The van der Waals surface area contributed by atoms with Crippen LogP contribution in [0, 0.1) is 0 Å². The van der Waals surface area contributed by atoms with Crippen LogP contribution in [0.15, 0.2) is 85.8 Å². The van der Waals surface area contributed by atoms with Crippen molar-refractivity contribution in [1.29, 1.82) is 0 Å². The Morgan fingerprint density at radius 2 is 1.78 bits per heavy atom. The summed E-state index contributed by atoms with van der Waals surface area (Å²) in [6.07, 6.45) is 4.15. The molecule has 1 amide bonds. The van der Waals surface area contributed by atoms with E-state index in [0.717, 1.165) is 0 Å². The van der Waals surface area contributed by atoms with Crippen molar-refractivity contribution >= 4 is 29.2 Å². The van der Waals surface area contributed by atoms with E-state index in [1.807, 2.05) is 36.4 Å². The van der Waals surface area contributed by atoms with Gasteiger partial charge in [-0.15, -0.1) is 0 Å². The van der Waals surface area contributed by atoms with Crippen LogP contribution < -0.4 is 21.1 Å². The third-order valence-electron chi connectivity index (χ3n) is 4.30. The van der Waals surface area contributed by atoms with Crippen molar-refractivity contribution in [3.63, 3.8) is 0 Å². The molecule has 0 unspecified atom stereocenters. The normalized spacial score (nSPS) is 10.2. The van der Waals surface area contributed by atoms with E-state index in [1.165, 1.54) is 12.4 Å². The monoisotopic (exact) mass is 425 g/mol. The number of nitrogens with one attached hydrogen (secondary N) is 2. The van der Waals surface area contributed by atoms with Crippen LogP contribution in [0.1, 0.15) is 0 Å². The Hall–Kier alpha value is -4.79. The zero-order valence-corrected chi connectivity index (χ0v) is 16.9. The molecule has 9 heteroatoms. The van der Waals surface area contributed by atoms with Gasteiger partial charge in [-0.1, -0.05) is 30.8 Å². The first-order chi connectivity index (χ1) is 15.6. The lowest BCUT2D eigenvalue weighted by Crippen LogP contribution is -2.09. The molecule has 0 saturated carbocycles. The number of carbonyl (C=O) groups is 1. The highest BCUT2D eigenvalue weighted by Crippen LogP contribution is 2.33. The van der Waals surface area contributed by atoms with Crippen molar-refractivity contribution in [2.24, 2.45) is 0 Å². The average Bonchev–Trinajstić information content (AvgIpc) is 2.81. The van der Waals surface area contributed by atoms with Crippen molar-refractivity contribution in [2.75, 3.05) is 16.4 Å². The van der Waals surface area contributed by atoms with Gasteiger partial charge in [0, 0.05) is 17.8 Å². The number of rotatable bonds is 7. The second kappa shape index (κ2) is 9.35. The number of hydrogen-bond donors (Lipinski definition) is 3. The van der Waals surface area contributed by atoms with Gasteiger partial charge in [-0.05, 0) is 36.4 Å². The summed E-state index contributed by atoms with van der Waals surface area (Å²) in [4.78, 5) is 28.6. The topological polar surface area (TPSA) is 128 Å². The Balaban J connectivity index is 1.59. The average molecular weight is 425 g/mol. The van der Waals surface area contributed by atoms with Gasteiger partial charge >= 0.3 is 0 Å². The lowest BCUT2D eigenvalue weighted by molar-refractivity contribution is -0.111. The van der Waals surface area contributed by atoms with Gasteiger partial charge < -0.3 is 21.1 Å². The maximum Gasteiger partial charge on any atom is 0.248 e. The minimum Gasteiger partial charge on any atom is -0.439 e. The smallest absolute Gasteiger partial charge is 0.248 e. The Morgan fingerprint density at radius 1 is 0.969 bits per heavy atom. The number of anilines is 4. The largest absolute Gasteiger partial charge is 0.439 e. The summed E-state index contributed by atoms with van der Waals surface area (Å²) in [5.41, 5.74) is 7.40. The number of nitrogens with zero attached hydrogens (tertiary/aromatic N) is 4. The van der Waals surface area contributed by atoms with E-state index in [2.05, 4.69) is 37.1 Å². The fourth-order valence-electron chi connectivity index (χ4n) is 2.85. The van der Waals surface area contributed by atoms with Crippen LogP contribution in [0.3, 0.4) is 0 Å². The van der Waals surface area contributed by atoms with Gasteiger partial charge in [-0.25, -0.2) is 19.9 Å². The molecule has 3 heterocycles. The Bertz CT molecular complexity index is 1240. The summed E-state index contributed by atoms with van der Waals surface area (Å²) >= 11 is 0. The van der Waals surface area contributed by atoms with Crippen molar-refractivity contribution < 1.29 is 9.53 Å². The Morgan fingerprint density at radius 3 is 2.53 bits per heavy atom. The minimum atomic E-state index is -0.356. The number of nitrogens with two attached hydrogens (primary N) is 1. The highest BCUT2D eigenvalue weighted by atomic mass is 16.5. The molecule has 3 aromatic heterocycles. The highest BCUT2D eigenvalue weighted by molar-refractivity contribution is 5.98. The predicted octanol–water partition coefficient (Wildman–Crippen LogP) is 4.18. The molecule has 32 heavy (non-hydrogen) atoms. The fourth-order valence-corrected chi connectivity index (χ4v) is 2.85. The van der Waals surface area contributed by atoms with Crippen molar-refractivity contribution in [3.05, 3.63) is 85.8 Å². The molecule has 4 aromatic rings. The summed E-state index contributed by atoms with van der Waals surface area (Å²) in [5.74, 6) is 2.32. The zero-order valence-electron chi connectivity index (χ0n) is 16.9. The molecule has 0 saturated heterocycles. The second-order valence-corrected chi connectivity index (χ2v) is 6.51. The van der Waals surface area contributed by atoms with Crippen molar-refractivity contribution in [1.82, 2.24) is 19.9 Å². The van der Waals surface area contributed by atoms with Crippen LogP contribution in [-0.4, -0.2) is 25.8 Å². The van der Waals surface area contributed by atoms with Gasteiger partial charge in [-0.2, -0.15) is 0 Å². The van der Waals surface area contributed by atoms with Gasteiger partial charge in [0.15, 0.2) is 0 Å². The van der Waals surface area contributed by atoms with E-state index in [0.29, 0.717) is 40.2 Å². The lowest BCUT2D eigenvalue weighted by Gasteiger charge is -2.13. The molecule has 0 aliphatic rings. The molecule has 1 aromatic carbocycles. The third-order valence-corrected chi connectivity index (χ3v) is 4.30. The number of amides is 1. The summed E-state index contributed by atoms with van der Waals surface area (Å²) in [6.45, 7) is 3.43. The molecule has 9 nitrogen and oxygen atoms in total. The van der Waals surface area contributed by atoms with Gasteiger partial charge in [0.25, 0.3) is 0 Å². The van der Waals surface area contributed by atoms with E-state index in [1.54, 1.807) is 30.5 Å². The first kappa shape index (κ1) is 20.5. The van der Waals surface area contributed by atoms with Crippen LogP contribution >= 0.6 is 0 Å². The fraction of sp³-hybridized carbons (Fsp3) is 0. The van der Waals surface area contributed by atoms with E-state index in [9.17, 15) is 4.79 Å². The molecule has 0 bridgehead atoms. The van der Waals surface area contributed by atoms with Crippen molar-refractivity contribution in [2.45, 2.75) is 0 Å². The van der Waals surface area contributed by atoms with Gasteiger partial charge in [0.05, 0.1) is 5.56 Å². The number of hydrogen-bond acceptors (Lipinski definition) is 8. The highest BCUT2D eigenvalue weighted by Gasteiger charge is 2.14. The van der Waals surface area contributed by atoms with Crippen LogP contribution in [0.25, 0.3) is 11.1 Å². The predicted molar refractivity (Wildman–Crippen MR) is 123 cm³/mol. The second-order valence-electron chi connectivity index (χ2n) is 6.51. The number of aromatic nitrogens is 4. The number of pyridine rings is 2. The van der Waals surface area contributed by atoms with E-state index in [4.69, 9.17) is 10.5 Å². The first-order valence-corrected chi connectivity index (χ1v) is 9.59. The van der Waals surface area contributed by atoms with Gasteiger partial charge in [-0.3, -0.25) is 4.79 Å². The summed E-state index contributed by atoms with van der Waals surface area (Å²) < 4.78 is 5.74. The summed E-state index contributed by atoms with van der Waals surface area (Å²) in [7, 11) is 0. The quantitative estimate of drug-likeness (QED) is 0.376. The molecule has 4 N–H and O–H groups in total. The van der Waals surface area contributed by atoms with E-state index in [-0.39, 0.29) is 11.7 Å². The molecule has 0 atom stereocenters. The van der Waals surface area contributed by atoms with Gasteiger partial charge in [0.1, 0.15) is 35.3 Å².